The Labute approximate surface area is 176 Å². The van der Waals surface area contributed by atoms with Gasteiger partial charge in [0.05, 0.1) is 9.37 Å². The number of amides is 1. The third-order valence-corrected chi connectivity index (χ3v) is 5.65. The highest BCUT2D eigenvalue weighted by atomic mass is 79.9. The predicted octanol–water partition coefficient (Wildman–Crippen LogP) is 3.37. The zero-order valence-electron chi connectivity index (χ0n) is 15.3. The number of hydrogen-bond donors (Lipinski definition) is 2. The van der Waals surface area contributed by atoms with Gasteiger partial charge in [-0.2, -0.15) is 0 Å². The van der Waals surface area contributed by atoms with Crippen LogP contribution in [0.15, 0.2) is 70.3 Å². The summed E-state index contributed by atoms with van der Waals surface area (Å²) in [4.78, 5) is 19.8. The predicted molar refractivity (Wildman–Crippen MR) is 112 cm³/mol. The van der Waals surface area contributed by atoms with E-state index in [0.29, 0.717) is 11.4 Å². The Morgan fingerprint density at radius 1 is 1.10 bits per heavy atom. The van der Waals surface area contributed by atoms with Gasteiger partial charge in [0.2, 0.25) is 5.95 Å². The quantitative estimate of drug-likeness (QED) is 0.540. The molecule has 0 saturated heterocycles. The molecule has 0 atom stereocenters. The first-order valence-electron chi connectivity index (χ1n) is 8.42. The molecular weight excluding hydrogens is 460 g/mol. The van der Waals surface area contributed by atoms with E-state index in [1.54, 1.807) is 12.1 Å². The molecule has 0 fully saturated rings. The van der Waals surface area contributed by atoms with Crippen molar-refractivity contribution in [2.75, 3.05) is 16.6 Å². The van der Waals surface area contributed by atoms with Gasteiger partial charge in [0.1, 0.15) is 5.75 Å². The molecule has 1 aromatic heterocycles. The first-order valence-corrected chi connectivity index (χ1v) is 10.7. The molecule has 0 aliphatic heterocycles. The third kappa shape index (κ3) is 5.75. The van der Waals surface area contributed by atoms with Crippen LogP contribution in [0.3, 0.4) is 0 Å². The summed E-state index contributed by atoms with van der Waals surface area (Å²) < 4.78 is 33.2. The number of carbonyl (C=O) groups excluding carboxylic acids is 1. The van der Waals surface area contributed by atoms with Gasteiger partial charge < -0.3 is 10.1 Å². The van der Waals surface area contributed by atoms with Crippen LogP contribution in [-0.4, -0.2) is 30.9 Å². The van der Waals surface area contributed by atoms with E-state index in [1.807, 2.05) is 19.1 Å². The molecule has 0 saturated carbocycles. The summed E-state index contributed by atoms with van der Waals surface area (Å²) in [5, 5.41) is 2.65. The molecule has 8 nitrogen and oxygen atoms in total. The van der Waals surface area contributed by atoms with Crippen molar-refractivity contribution in [3.63, 3.8) is 0 Å². The van der Waals surface area contributed by atoms with Crippen molar-refractivity contribution in [1.82, 2.24) is 9.97 Å². The maximum atomic E-state index is 12.3. The molecule has 2 aromatic carbocycles. The van der Waals surface area contributed by atoms with Crippen LogP contribution in [0.4, 0.5) is 11.6 Å². The van der Waals surface area contributed by atoms with Gasteiger partial charge in [-0.15, -0.1) is 0 Å². The molecule has 0 bridgehead atoms. The highest BCUT2D eigenvalue weighted by Crippen LogP contribution is 2.25. The standard InChI is InChI=1S/C19H17BrN4O4S/c1-13-3-8-17(16(20)11-13)28-12-18(25)23-14-4-6-15(7-5-14)29(26,27)24-19-21-9-2-10-22-19/h2-11H,12H2,1H3,(H,23,25)(H,21,22,24). The number of hydrogen-bond acceptors (Lipinski definition) is 6. The van der Waals surface area contributed by atoms with Gasteiger partial charge in [0.25, 0.3) is 15.9 Å². The molecule has 1 amide bonds. The molecule has 150 valence electrons. The number of carbonyl (C=O) groups is 1. The average molecular weight is 477 g/mol. The Kier molecular flexibility index (Phi) is 6.45. The van der Waals surface area contributed by atoms with Crippen molar-refractivity contribution < 1.29 is 17.9 Å². The summed E-state index contributed by atoms with van der Waals surface area (Å²) >= 11 is 3.39. The normalized spacial score (nSPS) is 11.0. The van der Waals surface area contributed by atoms with Gasteiger partial charge in [-0.1, -0.05) is 6.07 Å². The van der Waals surface area contributed by atoms with Crippen LogP contribution in [0.2, 0.25) is 0 Å². The first-order chi connectivity index (χ1) is 13.8. The fraction of sp³-hybridized carbons (Fsp3) is 0.105. The molecule has 10 heteroatoms. The van der Waals surface area contributed by atoms with Crippen LogP contribution < -0.4 is 14.8 Å². The fourth-order valence-electron chi connectivity index (χ4n) is 2.31. The monoisotopic (exact) mass is 476 g/mol. The minimum absolute atomic E-state index is 0.0165. The lowest BCUT2D eigenvalue weighted by molar-refractivity contribution is -0.118. The Morgan fingerprint density at radius 3 is 2.45 bits per heavy atom. The smallest absolute Gasteiger partial charge is 0.264 e. The zero-order chi connectivity index (χ0) is 20.9. The number of sulfonamides is 1. The third-order valence-electron chi connectivity index (χ3n) is 3.69. The molecule has 0 radical (unpaired) electrons. The van der Waals surface area contributed by atoms with E-state index in [2.05, 4.69) is 35.9 Å². The van der Waals surface area contributed by atoms with Crippen molar-refractivity contribution in [2.45, 2.75) is 11.8 Å². The van der Waals surface area contributed by atoms with Gasteiger partial charge in [0.15, 0.2) is 6.61 Å². The van der Waals surface area contributed by atoms with Crippen molar-refractivity contribution in [2.24, 2.45) is 0 Å². The summed E-state index contributed by atoms with van der Waals surface area (Å²) in [6.45, 7) is 1.77. The lowest BCUT2D eigenvalue weighted by atomic mass is 10.2. The van der Waals surface area contributed by atoms with Crippen LogP contribution in [-0.2, 0) is 14.8 Å². The second-order valence-electron chi connectivity index (χ2n) is 5.97. The van der Waals surface area contributed by atoms with Gasteiger partial charge in [-0.3, -0.25) is 4.79 Å². The number of nitrogens with one attached hydrogen (secondary N) is 2. The number of aryl methyl sites for hydroxylation is 1. The van der Waals surface area contributed by atoms with Crippen molar-refractivity contribution in [3.05, 3.63) is 71.0 Å². The molecule has 0 spiro atoms. The van der Waals surface area contributed by atoms with E-state index in [0.717, 1.165) is 10.0 Å². The van der Waals surface area contributed by atoms with Crippen LogP contribution in [0.1, 0.15) is 5.56 Å². The van der Waals surface area contributed by atoms with Gasteiger partial charge in [-0.25, -0.2) is 23.1 Å². The Hall–Kier alpha value is -2.98. The molecule has 0 aliphatic carbocycles. The van der Waals surface area contributed by atoms with Crippen molar-refractivity contribution >= 4 is 43.5 Å². The number of benzene rings is 2. The van der Waals surface area contributed by atoms with E-state index in [1.165, 1.54) is 36.7 Å². The highest BCUT2D eigenvalue weighted by molar-refractivity contribution is 9.10. The van der Waals surface area contributed by atoms with E-state index in [4.69, 9.17) is 4.74 Å². The van der Waals surface area contributed by atoms with E-state index < -0.39 is 10.0 Å². The Bertz CT molecular complexity index is 1110. The SMILES string of the molecule is Cc1ccc(OCC(=O)Nc2ccc(S(=O)(=O)Nc3ncccn3)cc2)c(Br)c1. The summed E-state index contributed by atoms with van der Waals surface area (Å²) in [5.41, 5.74) is 1.51. The second kappa shape index (κ2) is 9.01. The minimum Gasteiger partial charge on any atom is -0.483 e. The van der Waals surface area contributed by atoms with Crippen molar-refractivity contribution in [3.8, 4) is 5.75 Å². The van der Waals surface area contributed by atoms with E-state index in [9.17, 15) is 13.2 Å². The number of nitrogens with zero attached hydrogens (tertiary/aromatic N) is 2. The molecule has 0 aliphatic rings. The van der Waals surface area contributed by atoms with Crippen LogP contribution in [0.25, 0.3) is 0 Å². The maximum Gasteiger partial charge on any atom is 0.264 e. The molecule has 3 aromatic rings. The van der Waals surface area contributed by atoms with Crippen LogP contribution in [0.5, 0.6) is 5.75 Å². The first kappa shape index (κ1) is 20.7. The lowest BCUT2D eigenvalue weighted by Gasteiger charge is -2.10. The number of aromatic nitrogens is 2. The molecule has 3 rings (SSSR count). The number of rotatable bonds is 7. The highest BCUT2D eigenvalue weighted by Gasteiger charge is 2.15. The lowest BCUT2D eigenvalue weighted by Crippen LogP contribution is -2.20. The Balaban J connectivity index is 1.59. The van der Waals surface area contributed by atoms with E-state index >= 15 is 0 Å². The number of ether oxygens (including phenoxy) is 1. The van der Waals surface area contributed by atoms with Gasteiger partial charge in [-0.05, 0) is 70.9 Å². The van der Waals surface area contributed by atoms with Crippen LogP contribution in [0, 0.1) is 6.92 Å². The van der Waals surface area contributed by atoms with Gasteiger partial charge in [0, 0.05) is 18.1 Å². The Morgan fingerprint density at radius 2 is 1.79 bits per heavy atom. The maximum absolute atomic E-state index is 12.3. The van der Waals surface area contributed by atoms with Gasteiger partial charge >= 0.3 is 0 Å². The summed E-state index contributed by atoms with van der Waals surface area (Å²) in [5.74, 6) is 0.162. The summed E-state index contributed by atoms with van der Waals surface area (Å²) in [6.07, 6.45) is 2.86. The summed E-state index contributed by atoms with van der Waals surface area (Å²) in [7, 11) is -3.83. The molecular formula is C19H17BrN4O4S. The van der Waals surface area contributed by atoms with Crippen LogP contribution >= 0.6 is 15.9 Å². The number of halogens is 1. The largest absolute Gasteiger partial charge is 0.483 e. The molecule has 2 N–H and O–H groups in total. The molecule has 29 heavy (non-hydrogen) atoms. The fourth-order valence-corrected chi connectivity index (χ4v) is 3.88. The molecule has 1 heterocycles. The summed E-state index contributed by atoms with van der Waals surface area (Å²) in [6, 6.07) is 12.8. The minimum atomic E-state index is -3.83. The average Bonchev–Trinajstić information content (AvgIpc) is 2.68. The zero-order valence-corrected chi connectivity index (χ0v) is 17.7. The second-order valence-corrected chi connectivity index (χ2v) is 8.51. The molecule has 0 unspecified atom stereocenters. The topological polar surface area (TPSA) is 110 Å². The van der Waals surface area contributed by atoms with E-state index in [-0.39, 0.29) is 23.4 Å². The van der Waals surface area contributed by atoms with Crippen molar-refractivity contribution in [1.29, 1.82) is 0 Å². The number of anilines is 2.